The first-order valence-corrected chi connectivity index (χ1v) is 43.3. The van der Waals surface area contributed by atoms with Crippen LogP contribution >= 0.6 is 30.2 Å². The summed E-state index contributed by atoms with van der Waals surface area (Å²) in [5.74, 6) is -3.99. The van der Waals surface area contributed by atoms with Gasteiger partial charge in [0.1, 0.15) is 11.3 Å². The number of rotatable bonds is 10. The molecule has 7 aromatic rings. The number of hydrogen-bond donors (Lipinski definition) is 11. The number of nitro groups is 3. The third kappa shape index (κ3) is 18.1. The number of hydrogen-bond acceptors (Lipinski definition) is 29. The number of carbonyl (C=O) groups excluding carboxylic acids is 12. The number of carbonyl (C=O) groups is 12. The van der Waals surface area contributed by atoms with E-state index in [2.05, 4.69) is 50.9 Å². The normalized spacial score (nSPS) is 15.8. The second kappa shape index (κ2) is 38.3. The van der Waals surface area contributed by atoms with Crippen molar-refractivity contribution in [3.05, 3.63) is 231 Å². The fraction of sp³-hybridized carbons (Fsp3) is 0.280. The molecule has 7 aromatic carbocycles. The Hall–Kier alpha value is -11.5. The Morgan fingerprint density at radius 2 is 0.797 bits per heavy atom. The molecule has 12 N–H and O–H groups in total. The number of amides is 12. The molecule has 0 saturated heterocycles. The number of anilines is 3. The molecule has 6 heterocycles. The zero-order chi connectivity index (χ0) is 82.7. The molecule has 1 unspecified atom stereocenters. The summed E-state index contributed by atoms with van der Waals surface area (Å²) < 4.78 is 21.8. The number of ether oxygens (including phenoxy) is 1. The van der Waals surface area contributed by atoms with E-state index in [0.29, 0.717) is 105 Å². The zero-order valence-electron chi connectivity index (χ0n) is 60.2. The molecule has 0 saturated carbocycles. The molecule has 0 bridgehead atoms. The van der Waals surface area contributed by atoms with Crippen molar-refractivity contribution in [2.45, 2.75) is 130 Å². The SMILES string of the molecule is C.C.COc1cccc(Nc2cc3c(c4c2CCC4)C(=O)NC3=O)c1.Cl.Nc1cc2c(c3c1CCC3)C(=O)NC2=O.O=C1NC(=O)c2c1cc([N+](=O)[O-])c1c2CCC1.O=C1NC(=O)c2c1cc([N+](=O)[O-])c1c2CCC1.O=C1NC(=O)c2c1ccc1c2CCC1.O=C1NC(=O)c2c3c(cc([N+](=O)[O-])c21)CCC3.O=S(OOO)ON(O)O.[Cl][Sn][Cl]. The molecule has 6 aliphatic heterocycles. The van der Waals surface area contributed by atoms with Crippen LogP contribution in [0.1, 0.15) is 244 Å². The fourth-order valence-electron chi connectivity index (χ4n) is 16.1. The van der Waals surface area contributed by atoms with Crippen LogP contribution in [0.5, 0.6) is 5.75 Å². The standard InChI is InChI=1S/C18H16N2O3.3C11H8N2O4.C11H10N2O2.C11H9NO2.2CH4.3ClH.H3NO7S.Sn/c1-23-11-5-2-4-10(8-11)19-15-9-14-16(18(22)20-17(14)21)13-7-3-6-12(13)15;2*14-10-7-4-8(13(16)17)5-2-1-3-6(5)9(7)11(15)12-10;14-10-8-6-3-1-2-5(6)4-7(13(16)17)9(8)11(15)12-10;12-8-4-7-9(11(15)13-10(7)14)6-3-1-2-5(6)8;13-10-8-5-4-6-2-1-3-7(6)9(8)11(14)12-10;;;;;;2-1(3)6-9(5)8-7-4;/h2,4-5,8-9,19H,3,6-7H2,1H3,(H,20,21,22);3*4H,1-3H2,(H,12,14,15);4H,1-3,12H2,(H,13,14,15);4-5H,1-3H2,(H,12,13,14);2*1H4;3*1H;2-4H;/q;;;;;;;;;;;;+2/p-2. The second-order valence-electron chi connectivity index (χ2n) is 26.8. The van der Waals surface area contributed by atoms with Crippen LogP contribution in [0.2, 0.25) is 0 Å². The summed E-state index contributed by atoms with van der Waals surface area (Å²) in [5, 5.41) is 74.4. The fourth-order valence-corrected chi connectivity index (χ4v) is 16.3. The van der Waals surface area contributed by atoms with E-state index in [1.165, 1.54) is 23.8 Å². The minimum absolute atomic E-state index is 0. The van der Waals surface area contributed by atoms with Crippen LogP contribution in [0.3, 0.4) is 0 Å². The van der Waals surface area contributed by atoms with Gasteiger partial charge in [0.15, 0.2) is 0 Å². The molecule has 0 spiro atoms. The number of nitrogen functional groups attached to an aromatic ring is 1. The molecule has 43 heteroatoms. The van der Waals surface area contributed by atoms with Crippen molar-refractivity contribution in [1.29, 1.82) is 0 Å². The van der Waals surface area contributed by atoms with Gasteiger partial charge in [0.25, 0.3) is 87.9 Å². The Morgan fingerprint density at radius 1 is 0.441 bits per heavy atom. The van der Waals surface area contributed by atoms with Crippen molar-refractivity contribution in [2.24, 2.45) is 0 Å². The monoisotopic (exact) mass is 1810 g/mol. The first kappa shape index (κ1) is 90.4. The van der Waals surface area contributed by atoms with E-state index < -0.39 is 85.9 Å². The first-order valence-electron chi connectivity index (χ1n) is 35.0. The maximum atomic E-state index is 12.0. The van der Waals surface area contributed by atoms with Crippen LogP contribution in [0.25, 0.3) is 0 Å². The minimum atomic E-state index is -2.60. The van der Waals surface area contributed by atoms with Crippen LogP contribution in [0.15, 0.2) is 66.7 Å². The van der Waals surface area contributed by atoms with Gasteiger partial charge in [-0.2, -0.15) is 4.21 Å². The first-order chi connectivity index (χ1) is 55.0. The molecule has 19 rings (SSSR count). The summed E-state index contributed by atoms with van der Waals surface area (Å²) in [5.41, 5.74) is 23.0. The number of halogens is 3. The molecule has 12 aliphatic rings. The number of aryl methyl sites for hydroxylation is 2. The summed E-state index contributed by atoms with van der Waals surface area (Å²) in [6, 6.07) is 18.7. The molecule has 1 atom stereocenters. The average molecular weight is 1810 g/mol. The molecular formula is C75H71Cl3N12O26SSn. The summed E-state index contributed by atoms with van der Waals surface area (Å²) in [6.45, 7) is 0. The number of fused-ring (bicyclic) bond motifs is 18. The number of nitro benzene ring substituents is 3. The Labute approximate surface area is 694 Å². The van der Waals surface area contributed by atoms with Gasteiger partial charge in [0.05, 0.1) is 88.5 Å². The maximum absolute atomic E-state index is 12.0. The van der Waals surface area contributed by atoms with Gasteiger partial charge in [-0.3, -0.25) is 130 Å². The van der Waals surface area contributed by atoms with Crippen LogP contribution in [-0.4, -0.2) is 137 Å². The molecule has 6 aliphatic carbocycles. The number of nitrogens with zero attached hydrogens (tertiary/aromatic N) is 4. The summed E-state index contributed by atoms with van der Waals surface area (Å²) in [6.07, 6.45) is 14.9. The van der Waals surface area contributed by atoms with E-state index in [9.17, 15) is 92.1 Å². The van der Waals surface area contributed by atoms with E-state index in [-0.39, 0.29) is 102 Å². The van der Waals surface area contributed by atoms with Crippen LogP contribution in [-0.2, 0) is 102 Å². The van der Waals surface area contributed by atoms with Gasteiger partial charge in [-0.1, -0.05) is 36.4 Å². The summed E-state index contributed by atoms with van der Waals surface area (Å²) in [4.78, 5) is 171. The van der Waals surface area contributed by atoms with Crippen molar-refractivity contribution in [3.8, 4) is 5.75 Å². The molecular weight excluding hydrogens is 1740 g/mol. The Morgan fingerprint density at radius 3 is 1.25 bits per heavy atom. The summed E-state index contributed by atoms with van der Waals surface area (Å²) in [7, 11) is 11.5. The summed E-state index contributed by atoms with van der Waals surface area (Å²) >= 11 is -3.42. The average Bonchev–Trinajstić information content (AvgIpc) is 1.64. The quantitative estimate of drug-likeness (QED) is 0.0152. The number of nitrogens with two attached hydrogens (primary N) is 1. The zero-order valence-corrected chi connectivity index (χ0v) is 66.2. The predicted molar refractivity (Wildman–Crippen MR) is 420 cm³/mol. The van der Waals surface area contributed by atoms with Gasteiger partial charge >= 0.3 is 48.1 Å². The predicted octanol–water partition coefficient (Wildman–Crippen LogP) is 9.10. The molecule has 0 aromatic heterocycles. The Kier molecular flexibility index (Phi) is 29.3. The third-order valence-corrected chi connectivity index (χ3v) is 21.0. The number of imide groups is 6. The van der Waals surface area contributed by atoms with E-state index in [1.807, 2.05) is 30.3 Å². The molecule has 618 valence electrons. The van der Waals surface area contributed by atoms with Gasteiger partial charge in [-0.25, -0.2) is 5.26 Å². The van der Waals surface area contributed by atoms with Crippen molar-refractivity contribution >= 4 is 166 Å². The molecule has 0 fully saturated rings. The van der Waals surface area contributed by atoms with E-state index in [1.54, 1.807) is 25.3 Å². The van der Waals surface area contributed by atoms with Gasteiger partial charge in [0, 0.05) is 52.5 Å². The van der Waals surface area contributed by atoms with Gasteiger partial charge in [-0.05, 0) is 202 Å². The van der Waals surface area contributed by atoms with Crippen LogP contribution in [0.4, 0.5) is 34.1 Å². The second-order valence-corrected chi connectivity index (χ2v) is 31.7. The number of benzene rings is 7. The van der Waals surface area contributed by atoms with Crippen LogP contribution < -0.4 is 47.7 Å². The Balaban J connectivity index is 0.000000157. The van der Waals surface area contributed by atoms with E-state index in [4.69, 9.17) is 44.0 Å². The van der Waals surface area contributed by atoms with Gasteiger partial charge in [0.2, 0.25) is 0 Å². The van der Waals surface area contributed by atoms with Crippen molar-refractivity contribution in [1.82, 2.24) is 37.3 Å². The van der Waals surface area contributed by atoms with Crippen LogP contribution in [0, 0.1) is 30.3 Å². The number of methoxy groups -OCH3 is 1. The molecule has 12 amide bonds. The molecule has 38 nitrogen and oxygen atoms in total. The van der Waals surface area contributed by atoms with Gasteiger partial charge < -0.3 is 15.8 Å². The van der Waals surface area contributed by atoms with Crippen molar-refractivity contribution < 1.29 is 111 Å². The third-order valence-electron chi connectivity index (χ3n) is 20.6. The number of nitrogens with one attached hydrogen (secondary N) is 7. The van der Waals surface area contributed by atoms with Gasteiger partial charge in [-0.15, -0.1) is 16.7 Å². The molecule has 2 radical (unpaired) electrons. The van der Waals surface area contributed by atoms with Crippen molar-refractivity contribution in [3.63, 3.8) is 0 Å². The van der Waals surface area contributed by atoms with E-state index >= 15 is 0 Å². The van der Waals surface area contributed by atoms with Crippen molar-refractivity contribution in [2.75, 3.05) is 18.2 Å². The van der Waals surface area contributed by atoms with E-state index in [0.717, 1.165) is 140 Å². The Bertz CT molecular complexity index is 5430. The molecule has 118 heavy (non-hydrogen) atoms. The topological polar surface area (TPSA) is 562 Å².